The second-order valence-electron chi connectivity index (χ2n) is 9.10. The summed E-state index contributed by atoms with van der Waals surface area (Å²) in [6, 6.07) is 15.2. The fourth-order valence-corrected chi connectivity index (χ4v) is 4.98. The maximum atomic E-state index is 11.5. The molecule has 2 aliphatic heterocycles. The van der Waals surface area contributed by atoms with Crippen molar-refractivity contribution < 1.29 is 4.79 Å². The first-order valence-electron chi connectivity index (χ1n) is 12.0. The Hall–Kier alpha value is -3.52. The van der Waals surface area contributed by atoms with E-state index in [1.54, 1.807) is 6.33 Å². The van der Waals surface area contributed by atoms with Gasteiger partial charge in [0.25, 0.3) is 0 Å². The second kappa shape index (κ2) is 9.77. The van der Waals surface area contributed by atoms with Gasteiger partial charge in [0.15, 0.2) is 0 Å². The molecule has 2 aliphatic rings. The number of carbonyl (C=O) groups excluding carboxylic acids is 1. The number of hydrogen-bond acceptors (Lipinski definition) is 7. The van der Waals surface area contributed by atoms with Crippen LogP contribution in [0.2, 0.25) is 0 Å². The Morgan fingerprint density at radius 3 is 2.53 bits per heavy atom. The van der Waals surface area contributed by atoms with Crippen molar-refractivity contribution >= 4 is 29.2 Å². The molecule has 2 aromatic carbocycles. The summed E-state index contributed by atoms with van der Waals surface area (Å²) in [5, 5.41) is 6.14. The molecule has 1 fully saturated rings. The van der Waals surface area contributed by atoms with Crippen LogP contribution in [-0.4, -0.2) is 51.4 Å². The van der Waals surface area contributed by atoms with Gasteiger partial charge in [0.05, 0.1) is 0 Å². The number of carbonyl (C=O) groups is 1. The minimum absolute atomic E-state index is 0.0973. The lowest BCUT2D eigenvalue weighted by molar-refractivity contribution is -0.114. The number of hydrogen-bond donors (Lipinski definition) is 2. The Morgan fingerprint density at radius 1 is 0.971 bits per heavy atom. The highest BCUT2D eigenvalue weighted by atomic mass is 16.1. The van der Waals surface area contributed by atoms with Crippen LogP contribution in [0.3, 0.4) is 0 Å². The van der Waals surface area contributed by atoms with Gasteiger partial charge in [-0.1, -0.05) is 30.3 Å². The molecule has 0 saturated carbocycles. The minimum atomic E-state index is -0.0973. The quantitative estimate of drug-likeness (QED) is 0.601. The summed E-state index contributed by atoms with van der Waals surface area (Å²) in [6.45, 7) is 7.52. The fourth-order valence-electron chi connectivity index (χ4n) is 4.98. The summed E-state index contributed by atoms with van der Waals surface area (Å²) in [5.41, 5.74) is 5.53. The van der Waals surface area contributed by atoms with Crippen LogP contribution in [0.5, 0.6) is 0 Å². The number of nitrogens with one attached hydrogen (secondary N) is 2. The zero-order chi connectivity index (χ0) is 23.5. The van der Waals surface area contributed by atoms with Crippen molar-refractivity contribution in [2.24, 2.45) is 0 Å². The molecule has 5 rings (SSSR count). The standard InChI is InChI=1S/C26H31N7O/c1-18-23(29-19(2)34)8-5-9-24(18)30-25-27-17-28-26(31-25)32-14-11-22(12-15-32)33-13-10-20-6-3-4-7-21(20)16-33/h3-9,17,22H,10-16H2,1-2H3,(H,29,34)(H,27,28,30,31). The molecule has 34 heavy (non-hydrogen) atoms. The van der Waals surface area contributed by atoms with Crippen molar-refractivity contribution in [3.8, 4) is 0 Å². The topological polar surface area (TPSA) is 86.3 Å². The van der Waals surface area contributed by atoms with Gasteiger partial charge >= 0.3 is 0 Å². The number of piperidine rings is 1. The summed E-state index contributed by atoms with van der Waals surface area (Å²) in [4.78, 5) is 29.8. The molecule has 8 heteroatoms. The third-order valence-corrected chi connectivity index (χ3v) is 6.87. The van der Waals surface area contributed by atoms with Crippen LogP contribution in [0.1, 0.15) is 36.5 Å². The van der Waals surface area contributed by atoms with Crippen molar-refractivity contribution in [2.75, 3.05) is 35.2 Å². The maximum absolute atomic E-state index is 11.5. The molecule has 8 nitrogen and oxygen atoms in total. The van der Waals surface area contributed by atoms with Crippen LogP contribution in [-0.2, 0) is 17.8 Å². The fraction of sp³-hybridized carbons (Fsp3) is 0.385. The van der Waals surface area contributed by atoms with Gasteiger partial charge in [0.1, 0.15) is 6.33 Å². The van der Waals surface area contributed by atoms with Gasteiger partial charge in [-0.2, -0.15) is 4.98 Å². The van der Waals surface area contributed by atoms with Gasteiger partial charge in [0, 0.05) is 50.5 Å². The third-order valence-electron chi connectivity index (χ3n) is 6.87. The third kappa shape index (κ3) is 4.87. The second-order valence-corrected chi connectivity index (χ2v) is 9.10. The summed E-state index contributed by atoms with van der Waals surface area (Å²) >= 11 is 0. The number of nitrogens with zero attached hydrogens (tertiary/aromatic N) is 5. The summed E-state index contributed by atoms with van der Waals surface area (Å²) in [5.74, 6) is 1.11. The van der Waals surface area contributed by atoms with E-state index in [1.165, 1.54) is 18.1 Å². The highest BCUT2D eigenvalue weighted by Gasteiger charge is 2.28. The van der Waals surface area contributed by atoms with Crippen molar-refractivity contribution in [1.82, 2.24) is 19.9 Å². The van der Waals surface area contributed by atoms with Crippen LogP contribution in [0.25, 0.3) is 0 Å². The van der Waals surface area contributed by atoms with Crippen LogP contribution in [0, 0.1) is 6.92 Å². The number of amides is 1. The largest absolute Gasteiger partial charge is 0.341 e. The molecule has 1 saturated heterocycles. The minimum Gasteiger partial charge on any atom is -0.341 e. The SMILES string of the molecule is CC(=O)Nc1cccc(Nc2ncnc(N3CCC(N4CCc5ccccc5C4)CC3)n2)c1C. The Bertz CT molecular complexity index is 1170. The zero-order valence-corrected chi connectivity index (χ0v) is 19.8. The van der Waals surface area contributed by atoms with E-state index in [0.717, 1.165) is 62.4 Å². The van der Waals surface area contributed by atoms with Crippen molar-refractivity contribution in [2.45, 2.75) is 45.7 Å². The monoisotopic (exact) mass is 457 g/mol. The van der Waals surface area contributed by atoms with Crippen molar-refractivity contribution in [3.05, 3.63) is 65.5 Å². The first-order chi connectivity index (χ1) is 16.6. The van der Waals surface area contributed by atoms with Gasteiger partial charge in [-0.25, -0.2) is 9.97 Å². The predicted molar refractivity (Wildman–Crippen MR) is 134 cm³/mol. The molecule has 3 aromatic rings. The van der Waals surface area contributed by atoms with E-state index in [1.807, 2.05) is 25.1 Å². The normalized spacial score (nSPS) is 16.7. The molecule has 0 bridgehead atoms. The van der Waals surface area contributed by atoms with Crippen LogP contribution >= 0.6 is 0 Å². The molecule has 1 aromatic heterocycles. The van der Waals surface area contributed by atoms with E-state index in [9.17, 15) is 4.79 Å². The van der Waals surface area contributed by atoms with Gasteiger partial charge in [-0.05, 0) is 55.0 Å². The Balaban J connectivity index is 1.22. The summed E-state index contributed by atoms with van der Waals surface area (Å²) in [7, 11) is 0. The average Bonchev–Trinajstić information content (AvgIpc) is 2.86. The lowest BCUT2D eigenvalue weighted by Crippen LogP contribution is -2.47. The maximum Gasteiger partial charge on any atom is 0.232 e. The van der Waals surface area contributed by atoms with Crippen LogP contribution in [0.15, 0.2) is 48.8 Å². The summed E-state index contributed by atoms with van der Waals surface area (Å²) in [6.07, 6.45) is 4.91. The number of rotatable bonds is 5. The Kier molecular flexibility index (Phi) is 6.40. The number of aromatic nitrogens is 3. The van der Waals surface area contributed by atoms with Gasteiger partial charge < -0.3 is 15.5 Å². The molecule has 2 N–H and O–H groups in total. The molecule has 3 heterocycles. The van der Waals surface area contributed by atoms with E-state index in [2.05, 4.69) is 59.7 Å². The smallest absolute Gasteiger partial charge is 0.232 e. The zero-order valence-electron chi connectivity index (χ0n) is 19.8. The highest BCUT2D eigenvalue weighted by Crippen LogP contribution is 2.28. The molecule has 0 unspecified atom stereocenters. The lowest BCUT2D eigenvalue weighted by Gasteiger charge is -2.40. The van der Waals surface area contributed by atoms with E-state index in [-0.39, 0.29) is 5.91 Å². The molecular formula is C26H31N7O. The molecule has 0 aliphatic carbocycles. The van der Waals surface area contributed by atoms with E-state index < -0.39 is 0 Å². The van der Waals surface area contributed by atoms with E-state index >= 15 is 0 Å². The predicted octanol–water partition coefficient (Wildman–Crippen LogP) is 3.91. The van der Waals surface area contributed by atoms with Crippen LogP contribution in [0.4, 0.5) is 23.3 Å². The first kappa shape index (κ1) is 22.3. The van der Waals surface area contributed by atoms with Gasteiger partial charge in [-0.15, -0.1) is 0 Å². The Labute approximate surface area is 200 Å². The molecule has 0 atom stereocenters. The number of benzene rings is 2. The summed E-state index contributed by atoms with van der Waals surface area (Å²) < 4.78 is 0. The van der Waals surface area contributed by atoms with Crippen molar-refractivity contribution in [3.63, 3.8) is 0 Å². The Morgan fingerprint density at radius 2 is 1.74 bits per heavy atom. The lowest BCUT2D eigenvalue weighted by atomic mass is 9.95. The molecule has 0 spiro atoms. The number of fused-ring (bicyclic) bond motifs is 1. The molecular weight excluding hydrogens is 426 g/mol. The van der Waals surface area contributed by atoms with Gasteiger partial charge in [0.2, 0.25) is 17.8 Å². The first-order valence-corrected chi connectivity index (χ1v) is 12.0. The highest BCUT2D eigenvalue weighted by molar-refractivity contribution is 5.90. The van der Waals surface area contributed by atoms with Crippen LogP contribution < -0.4 is 15.5 Å². The van der Waals surface area contributed by atoms with E-state index in [0.29, 0.717) is 17.9 Å². The molecule has 1 amide bonds. The van der Waals surface area contributed by atoms with Crippen molar-refractivity contribution in [1.29, 1.82) is 0 Å². The van der Waals surface area contributed by atoms with Gasteiger partial charge in [-0.3, -0.25) is 9.69 Å². The molecule has 0 radical (unpaired) electrons. The molecule has 176 valence electrons. The van der Waals surface area contributed by atoms with E-state index in [4.69, 9.17) is 0 Å². The average molecular weight is 458 g/mol. The number of anilines is 4.